The van der Waals surface area contributed by atoms with Crippen molar-refractivity contribution < 1.29 is 14.5 Å². The number of hydrogen-bond acceptors (Lipinski definition) is 6. The van der Waals surface area contributed by atoms with Crippen molar-refractivity contribution in [3.05, 3.63) is 29.0 Å². The molecule has 1 amide bonds. The van der Waals surface area contributed by atoms with Gasteiger partial charge in [-0.15, -0.1) is 5.10 Å². The van der Waals surface area contributed by atoms with E-state index in [1.807, 2.05) is 0 Å². The van der Waals surface area contributed by atoms with Gasteiger partial charge in [0.15, 0.2) is 6.20 Å². The Morgan fingerprint density at radius 1 is 1.72 bits per heavy atom. The maximum atomic E-state index is 11.4. The average molecular weight is 253 g/mol. The summed E-state index contributed by atoms with van der Waals surface area (Å²) in [5, 5.41) is 17.9. The summed E-state index contributed by atoms with van der Waals surface area (Å²) < 4.78 is 4.83. The normalized spacial score (nSPS) is 15.0. The first-order valence-corrected chi connectivity index (χ1v) is 5.20. The minimum absolute atomic E-state index is 0.144. The highest BCUT2D eigenvalue weighted by Gasteiger charge is 2.36. The van der Waals surface area contributed by atoms with Crippen molar-refractivity contribution in [1.82, 2.24) is 19.9 Å². The lowest BCUT2D eigenvalue weighted by atomic mass is 10.1. The van der Waals surface area contributed by atoms with Gasteiger partial charge in [-0.3, -0.25) is 0 Å². The lowest BCUT2D eigenvalue weighted by Crippen LogP contribution is -2.51. The summed E-state index contributed by atoms with van der Waals surface area (Å²) in [4.78, 5) is 23.9. The van der Waals surface area contributed by atoms with E-state index in [1.54, 1.807) is 0 Å². The lowest BCUT2D eigenvalue weighted by molar-refractivity contribution is -0.389. The number of rotatable bonds is 4. The Kier molecular flexibility index (Phi) is 3.22. The van der Waals surface area contributed by atoms with Gasteiger partial charge >= 0.3 is 11.9 Å². The minimum atomic E-state index is -0.613. The van der Waals surface area contributed by atoms with E-state index in [4.69, 9.17) is 4.74 Å². The fraction of sp³-hybridized carbons (Fsp3) is 0.444. The standard InChI is InChI=1S/C9H11N5O4/c1-2-3-18-9(15)12-5-7(6-12)13-10-4-8(11-13)14(16)17/h2,4,7H,1,3,5-6H2. The van der Waals surface area contributed by atoms with Gasteiger partial charge in [-0.1, -0.05) is 17.5 Å². The van der Waals surface area contributed by atoms with Crippen LogP contribution in [-0.4, -0.2) is 50.6 Å². The Morgan fingerprint density at radius 2 is 2.44 bits per heavy atom. The molecule has 9 heteroatoms. The van der Waals surface area contributed by atoms with Crippen molar-refractivity contribution in [3.8, 4) is 0 Å². The zero-order valence-electron chi connectivity index (χ0n) is 9.43. The third kappa shape index (κ3) is 2.29. The molecule has 2 heterocycles. The number of carbonyl (C=O) groups excluding carboxylic acids is 1. The van der Waals surface area contributed by atoms with Crippen molar-refractivity contribution in [3.63, 3.8) is 0 Å². The van der Waals surface area contributed by atoms with Crippen LogP contribution in [0.25, 0.3) is 0 Å². The maximum absolute atomic E-state index is 11.4. The van der Waals surface area contributed by atoms with Crippen LogP contribution in [0.3, 0.4) is 0 Å². The minimum Gasteiger partial charge on any atom is -0.445 e. The number of amides is 1. The maximum Gasteiger partial charge on any atom is 0.410 e. The van der Waals surface area contributed by atoms with Crippen LogP contribution in [0.5, 0.6) is 0 Å². The van der Waals surface area contributed by atoms with Crippen molar-refractivity contribution in [2.24, 2.45) is 0 Å². The summed E-state index contributed by atoms with van der Waals surface area (Å²) in [5.74, 6) is -0.303. The molecular weight excluding hydrogens is 242 g/mol. The summed E-state index contributed by atoms with van der Waals surface area (Å²) in [5.41, 5.74) is 0. The van der Waals surface area contributed by atoms with Crippen molar-refractivity contribution in [2.45, 2.75) is 6.04 Å². The van der Waals surface area contributed by atoms with Gasteiger partial charge in [0, 0.05) is 0 Å². The number of carbonyl (C=O) groups is 1. The third-order valence-electron chi connectivity index (χ3n) is 2.46. The van der Waals surface area contributed by atoms with E-state index < -0.39 is 11.0 Å². The molecule has 1 aliphatic rings. The smallest absolute Gasteiger partial charge is 0.410 e. The molecule has 0 radical (unpaired) electrons. The molecule has 0 atom stereocenters. The van der Waals surface area contributed by atoms with Crippen LogP contribution in [0.1, 0.15) is 6.04 Å². The summed E-state index contributed by atoms with van der Waals surface area (Å²) in [6, 6.07) is -0.144. The van der Waals surface area contributed by atoms with Crippen molar-refractivity contribution >= 4 is 11.9 Å². The highest BCUT2D eigenvalue weighted by molar-refractivity contribution is 5.68. The second-order valence-electron chi connectivity index (χ2n) is 3.70. The molecule has 9 nitrogen and oxygen atoms in total. The second-order valence-corrected chi connectivity index (χ2v) is 3.70. The molecule has 1 saturated heterocycles. The molecule has 2 rings (SSSR count). The zero-order valence-corrected chi connectivity index (χ0v) is 9.43. The topological polar surface area (TPSA) is 103 Å². The van der Waals surface area contributed by atoms with Crippen molar-refractivity contribution in [1.29, 1.82) is 0 Å². The zero-order chi connectivity index (χ0) is 13.1. The summed E-state index contributed by atoms with van der Waals surface area (Å²) >= 11 is 0. The molecule has 0 aromatic carbocycles. The molecule has 0 bridgehead atoms. The predicted octanol–water partition coefficient (Wildman–Crippen LogP) is 0.366. The molecule has 18 heavy (non-hydrogen) atoms. The Balaban J connectivity index is 1.86. The highest BCUT2D eigenvalue weighted by atomic mass is 16.6. The van der Waals surface area contributed by atoms with Crippen LogP contribution < -0.4 is 0 Å². The van der Waals surface area contributed by atoms with E-state index in [1.165, 1.54) is 15.8 Å². The first-order valence-electron chi connectivity index (χ1n) is 5.20. The summed E-state index contributed by atoms with van der Waals surface area (Å²) in [6.07, 6.45) is 2.12. The molecule has 1 aromatic rings. The van der Waals surface area contributed by atoms with Crippen LogP contribution in [0, 0.1) is 10.1 Å². The van der Waals surface area contributed by atoms with Crippen LogP contribution in [0.15, 0.2) is 18.9 Å². The number of likely N-dealkylation sites (tertiary alicyclic amines) is 1. The fourth-order valence-corrected chi connectivity index (χ4v) is 1.50. The molecule has 0 saturated carbocycles. The Labute approximate surface area is 102 Å². The SMILES string of the molecule is C=CCOC(=O)N1CC(n2ncc([N+](=O)[O-])n2)C1. The predicted molar refractivity (Wildman–Crippen MR) is 58.8 cm³/mol. The first kappa shape index (κ1) is 12.0. The molecular formula is C9H11N5O4. The number of hydrogen-bond donors (Lipinski definition) is 0. The van der Waals surface area contributed by atoms with Gasteiger partial charge in [0.1, 0.15) is 12.6 Å². The van der Waals surface area contributed by atoms with Gasteiger partial charge in [-0.2, -0.15) is 0 Å². The van der Waals surface area contributed by atoms with Crippen LogP contribution in [0.4, 0.5) is 10.6 Å². The number of aromatic nitrogens is 3. The molecule has 0 aliphatic carbocycles. The Hall–Kier alpha value is -2.45. The van der Waals surface area contributed by atoms with Crippen LogP contribution >= 0.6 is 0 Å². The largest absolute Gasteiger partial charge is 0.445 e. The third-order valence-corrected chi connectivity index (χ3v) is 2.46. The van der Waals surface area contributed by atoms with Crippen LogP contribution in [-0.2, 0) is 4.74 Å². The van der Waals surface area contributed by atoms with Gasteiger partial charge < -0.3 is 19.8 Å². The van der Waals surface area contributed by atoms with E-state index in [-0.39, 0.29) is 18.5 Å². The lowest BCUT2D eigenvalue weighted by Gasteiger charge is -2.35. The monoisotopic (exact) mass is 253 g/mol. The first-order chi connectivity index (χ1) is 8.61. The van der Waals surface area contributed by atoms with E-state index in [0.717, 1.165) is 6.20 Å². The van der Waals surface area contributed by atoms with E-state index in [9.17, 15) is 14.9 Å². The molecule has 0 unspecified atom stereocenters. The number of ether oxygens (including phenoxy) is 1. The summed E-state index contributed by atoms with van der Waals surface area (Å²) in [7, 11) is 0. The summed E-state index contributed by atoms with van der Waals surface area (Å²) in [6.45, 7) is 4.35. The van der Waals surface area contributed by atoms with Gasteiger partial charge in [0.05, 0.1) is 18.2 Å². The van der Waals surface area contributed by atoms with Crippen molar-refractivity contribution in [2.75, 3.05) is 19.7 Å². The molecule has 1 aliphatic heterocycles. The second kappa shape index (κ2) is 4.82. The number of nitrogens with zero attached hydrogens (tertiary/aromatic N) is 5. The quantitative estimate of drug-likeness (QED) is 0.436. The van der Waals surface area contributed by atoms with Gasteiger partial charge in [0.2, 0.25) is 0 Å². The molecule has 96 valence electrons. The van der Waals surface area contributed by atoms with Crippen LogP contribution in [0.2, 0.25) is 0 Å². The van der Waals surface area contributed by atoms with E-state index >= 15 is 0 Å². The molecule has 0 spiro atoms. The number of nitro groups is 1. The van der Waals surface area contributed by atoms with Gasteiger partial charge in [0.25, 0.3) is 0 Å². The Bertz CT molecular complexity index is 479. The van der Waals surface area contributed by atoms with Gasteiger partial charge in [-0.05, 0) is 4.92 Å². The van der Waals surface area contributed by atoms with E-state index in [2.05, 4.69) is 16.8 Å². The Morgan fingerprint density at radius 3 is 3.00 bits per heavy atom. The van der Waals surface area contributed by atoms with E-state index in [0.29, 0.717) is 13.1 Å². The fourth-order valence-electron chi connectivity index (χ4n) is 1.50. The molecule has 1 aromatic heterocycles. The average Bonchev–Trinajstić information content (AvgIpc) is 2.73. The molecule has 0 N–H and O–H groups in total. The van der Waals surface area contributed by atoms with Gasteiger partial charge in [-0.25, -0.2) is 4.79 Å². The highest BCUT2D eigenvalue weighted by Crippen LogP contribution is 2.21. The molecule has 1 fully saturated rings.